The molecule has 1 rings (SSSR count). The van der Waals surface area contributed by atoms with Gasteiger partial charge in [0.25, 0.3) is 0 Å². The van der Waals surface area contributed by atoms with E-state index < -0.39 is 30.0 Å². The van der Waals surface area contributed by atoms with E-state index in [-0.39, 0.29) is 37.6 Å². The highest BCUT2D eigenvalue weighted by Crippen LogP contribution is 2.31. The summed E-state index contributed by atoms with van der Waals surface area (Å²) in [4.78, 5) is 47.1. The zero-order chi connectivity index (χ0) is 25.6. The van der Waals surface area contributed by atoms with Gasteiger partial charge in [0, 0.05) is 12.8 Å². The van der Waals surface area contributed by atoms with E-state index in [0.717, 1.165) is 33.5 Å². The van der Waals surface area contributed by atoms with Crippen LogP contribution in [0.15, 0.2) is 18.2 Å². The zero-order valence-corrected chi connectivity index (χ0v) is 19.7. The Kier molecular flexibility index (Phi) is 12.2. The predicted octanol–water partition coefficient (Wildman–Crippen LogP) is 3.12. The summed E-state index contributed by atoms with van der Waals surface area (Å²) in [6.07, 6.45) is -0.514. The number of benzene rings is 1. The Balaban J connectivity index is 2.95. The monoisotopic (exact) mass is 485 g/mol. The fraction of sp³-hybridized carbons (Fsp3) is 0.545. The highest BCUT2D eigenvalue weighted by Gasteiger charge is 2.36. The molecule has 2 N–H and O–H groups in total. The van der Waals surface area contributed by atoms with Gasteiger partial charge in [-0.1, -0.05) is 25.8 Å². The number of esters is 1. The largest absolute Gasteiger partial charge is 0.513 e. The summed E-state index contributed by atoms with van der Waals surface area (Å²) in [5.74, 6) is -1.05. The quantitative estimate of drug-likeness (QED) is 0.200. The molecular weight excluding hydrogens is 454 g/mol. The number of carbonyl (C=O) groups is 4. The third kappa shape index (κ3) is 9.53. The van der Waals surface area contributed by atoms with Crippen molar-refractivity contribution in [2.24, 2.45) is 5.73 Å². The van der Waals surface area contributed by atoms with E-state index in [1.807, 2.05) is 6.92 Å². The first-order chi connectivity index (χ1) is 16.2. The van der Waals surface area contributed by atoms with Crippen LogP contribution >= 0.6 is 0 Å². The highest BCUT2D eigenvalue weighted by molar-refractivity contribution is 5.81. The molecule has 0 amide bonds. The number of ether oxygens (including phenoxy) is 7. The van der Waals surface area contributed by atoms with Crippen molar-refractivity contribution in [1.29, 1.82) is 0 Å². The molecule has 190 valence electrons. The minimum absolute atomic E-state index is 0.0860. The molecule has 0 radical (unpaired) electrons. The fourth-order valence-corrected chi connectivity index (χ4v) is 2.79. The molecule has 12 heteroatoms. The topological polar surface area (TPSA) is 159 Å². The first-order valence-corrected chi connectivity index (χ1v) is 10.5. The van der Waals surface area contributed by atoms with Crippen molar-refractivity contribution in [3.8, 4) is 11.5 Å². The van der Waals surface area contributed by atoms with Crippen molar-refractivity contribution >= 4 is 24.4 Å². The molecule has 0 heterocycles. The lowest BCUT2D eigenvalue weighted by Gasteiger charge is -2.26. The Labute approximate surface area is 197 Å². The molecule has 0 unspecified atom stereocenters. The highest BCUT2D eigenvalue weighted by atomic mass is 16.7. The van der Waals surface area contributed by atoms with Crippen LogP contribution < -0.4 is 15.2 Å². The first-order valence-electron chi connectivity index (χ1n) is 10.5. The number of rotatable bonds is 12. The van der Waals surface area contributed by atoms with Gasteiger partial charge >= 0.3 is 24.4 Å². The molecule has 1 atom stereocenters. The van der Waals surface area contributed by atoms with Crippen LogP contribution in [0.25, 0.3) is 0 Å². The molecule has 1 aromatic carbocycles. The summed E-state index contributed by atoms with van der Waals surface area (Å²) in [5, 5.41) is 0. The van der Waals surface area contributed by atoms with Crippen LogP contribution in [-0.2, 0) is 34.9 Å². The Bertz CT molecular complexity index is 842. The Morgan fingerprint density at radius 2 is 1.44 bits per heavy atom. The van der Waals surface area contributed by atoms with Crippen LogP contribution in [0.2, 0.25) is 0 Å². The summed E-state index contributed by atoms with van der Waals surface area (Å²) >= 11 is 0. The molecule has 0 saturated heterocycles. The van der Waals surface area contributed by atoms with Crippen LogP contribution in [0.3, 0.4) is 0 Å². The lowest BCUT2D eigenvalue weighted by atomic mass is 9.88. The SMILES string of the molecule is CCCCCOC(=O)OCC[C@@](N)(Cc1ccc(OC(=O)OC)c(OC(=O)OC)c1)C(=O)OC. The maximum absolute atomic E-state index is 12.4. The second kappa shape index (κ2) is 14.6. The average molecular weight is 485 g/mol. The number of nitrogens with two attached hydrogens (primary N) is 1. The van der Waals surface area contributed by atoms with E-state index in [1.54, 1.807) is 0 Å². The van der Waals surface area contributed by atoms with Gasteiger partial charge in [-0.25, -0.2) is 14.4 Å². The van der Waals surface area contributed by atoms with E-state index in [2.05, 4.69) is 9.47 Å². The van der Waals surface area contributed by atoms with Gasteiger partial charge in [-0.15, -0.1) is 0 Å². The summed E-state index contributed by atoms with van der Waals surface area (Å²) < 4.78 is 33.6. The lowest BCUT2D eigenvalue weighted by Crippen LogP contribution is -2.51. The van der Waals surface area contributed by atoms with Gasteiger partial charge in [-0.05, 0) is 24.1 Å². The molecule has 0 bridgehead atoms. The number of unbranched alkanes of at least 4 members (excludes halogenated alkanes) is 2. The maximum atomic E-state index is 12.4. The molecule has 0 fully saturated rings. The van der Waals surface area contributed by atoms with Gasteiger partial charge in [0.15, 0.2) is 11.5 Å². The van der Waals surface area contributed by atoms with Crippen LogP contribution in [0.5, 0.6) is 11.5 Å². The van der Waals surface area contributed by atoms with Gasteiger partial charge < -0.3 is 38.9 Å². The molecule has 0 aliphatic carbocycles. The molecule has 34 heavy (non-hydrogen) atoms. The van der Waals surface area contributed by atoms with Gasteiger partial charge in [-0.2, -0.15) is 0 Å². The Morgan fingerprint density at radius 1 is 0.824 bits per heavy atom. The first kappa shape index (κ1) is 28.5. The lowest BCUT2D eigenvalue weighted by molar-refractivity contribution is -0.147. The Hall–Kier alpha value is -3.54. The third-order valence-corrected chi connectivity index (χ3v) is 4.58. The van der Waals surface area contributed by atoms with Crippen molar-refractivity contribution in [1.82, 2.24) is 0 Å². The summed E-state index contributed by atoms with van der Waals surface area (Å²) in [6.45, 7) is 2.06. The van der Waals surface area contributed by atoms with Crippen molar-refractivity contribution in [3.05, 3.63) is 23.8 Å². The van der Waals surface area contributed by atoms with Crippen LogP contribution in [0.1, 0.15) is 38.2 Å². The molecule has 0 aliphatic rings. The molecule has 12 nitrogen and oxygen atoms in total. The summed E-state index contributed by atoms with van der Waals surface area (Å²) in [7, 11) is 3.38. The molecular formula is C22H31NO11. The molecule has 0 spiro atoms. The van der Waals surface area contributed by atoms with Crippen molar-refractivity contribution < 1.29 is 52.3 Å². The number of hydrogen-bond donors (Lipinski definition) is 1. The third-order valence-electron chi connectivity index (χ3n) is 4.58. The Morgan fingerprint density at radius 3 is 2.03 bits per heavy atom. The van der Waals surface area contributed by atoms with Gasteiger partial charge in [0.2, 0.25) is 0 Å². The fourth-order valence-electron chi connectivity index (χ4n) is 2.79. The number of methoxy groups -OCH3 is 3. The van der Waals surface area contributed by atoms with Crippen molar-refractivity contribution in [3.63, 3.8) is 0 Å². The van der Waals surface area contributed by atoms with Crippen LogP contribution in [0.4, 0.5) is 14.4 Å². The second-order valence-electron chi connectivity index (χ2n) is 7.12. The number of carbonyl (C=O) groups excluding carboxylic acids is 4. The van der Waals surface area contributed by atoms with E-state index >= 15 is 0 Å². The molecule has 0 aromatic heterocycles. The maximum Gasteiger partial charge on any atom is 0.513 e. The molecule has 1 aromatic rings. The minimum atomic E-state index is -1.59. The smallest absolute Gasteiger partial charge is 0.468 e. The van der Waals surface area contributed by atoms with E-state index in [9.17, 15) is 19.2 Å². The van der Waals surface area contributed by atoms with Crippen LogP contribution in [-0.4, -0.2) is 64.5 Å². The van der Waals surface area contributed by atoms with Crippen molar-refractivity contribution in [2.45, 2.75) is 44.6 Å². The van der Waals surface area contributed by atoms with Gasteiger partial charge in [0.05, 0.1) is 34.5 Å². The van der Waals surface area contributed by atoms with E-state index in [4.69, 9.17) is 29.4 Å². The normalized spacial score (nSPS) is 12.0. The second-order valence-corrected chi connectivity index (χ2v) is 7.12. The average Bonchev–Trinajstić information content (AvgIpc) is 2.82. The van der Waals surface area contributed by atoms with Gasteiger partial charge in [0.1, 0.15) is 5.54 Å². The number of hydrogen-bond acceptors (Lipinski definition) is 12. The standard InChI is InChI=1S/C22H31NO11/c1-5-6-7-11-31-21(27)32-12-10-22(23,18(24)28-2)14-15-8-9-16(33-19(25)29-3)17(13-15)34-20(26)30-4/h8-9,13H,5-7,10-12,14,23H2,1-4H3/t22-/m1/s1. The summed E-state index contributed by atoms with van der Waals surface area (Å²) in [5.41, 5.74) is 5.11. The zero-order valence-electron chi connectivity index (χ0n) is 19.7. The minimum Gasteiger partial charge on any atom is -0.468 e. The molecule has 0 aliphatic heterocycles. The predicted molar refractivity (Wildman–Crippen MR) is 117 cm³/mol. The molecule has 0 saturated carbocycles. The van der Waals surface area contributed by atoms with Gasteiger partial charge in [-0.3, -0.25) is 4.79 Å². The summed E-state index contributed by atoms with van der Waals surface area (Å²) in [6, 6.07) is 4.16. The van der Waals surface area contributed by atoms with E-state index in [1.165, 1.54) is 25.3 Å². The van der Waals surface area contributed by atoms with Crippen molar-refractivity contribution in [2.75, 3.05) is 34.5 Å². The van der Waals surface area contributed by atoms with Crippen LogP contribution in [0, 0.1) is 0 Å². The van der Waals surface area contributed by atoms with E-state index in [0.29, 0.717) is 5.56 Å².